The largest absolute Gasteiger partial charge is 0.497 e. The van der Waals surface area contributed by atoms with Crippen LogP contribution < -0.4 is 10.1 Å². The molecule has 2 aromatic rings. The van der Waals surface area contributed by atoms with Crippen molar-refractivity contribution in [3.05, 3.63) is 63.2 Å². The maximum Gasteiger partial charge on any atom is 0.287 e. The molecule has 0 bridgehead atoms. The van der Waals surface area contributed by atoms with Gasteiger partial charge >= 0.3 is 0 Å². The standard InChI is InChI=1S/C16H12N4O4S/c1-24-12-5-2-10(3-6-12)8-13-15(21)19-16(25-13)18-14-7-4-11(9-17-14)20(22)23/h2-9H,1H3,(H,17,18,19,21). The second kappa shape index (κ2) is 7.14. The summed E-state index contributed by atoms with van der Waals surface area (Å²) in [4.78, 5) is 30.7. The predicted octanol–water partition coefficient (Wildman–Crippen LogP) is 2.89. The van der Waals surface area contributed by atoms with Crippen molar-refractivity contribution in [2.75, 3.05) is 7.11 Å². The molecule has 0 spiro atoms. The summed E-state index contributed by atoms with van der Waals surface area (Å²) >= 11 is 1.17. The maximum absolute atomic E-state index is 12.0. The molecular formula is C16H12N4O4S. The fraction of sp³-hybridized carbons (Fsp3) is 0.0625. The van der Waals surface area contributed by atoms with Gasteiger partial charge in [-0.2, -0.15) is 0 Å². The molecule has 0 radical (unpaired) electrons. The summed E-state index contributed by atoms with van der Waals surface area (Å²) < 4.78 is 5.09. The Morgan fingerprint density at radius 1 is 1.28 bits per heavy atom. The summed E-state index contributed by atoms with van der Waals surface area (Å²) in [6.45, 7) is 0. The van der Waals surface area contributed by atoms with Crippen LogP contribution in [-0.2, 0) is 4.79 Å². The van der Waals surface area contributed by atoms with E-state index in [0.29, 0.717) is 10.1 Å². The van der Waals surface area contributed by atoms with Gasteiger partial charge in [0.15, 0.2) is 11.0 Å². The Labute approximate surface area is 146 Å². The van der Waals surface area contributed by atoms with Crippen LogP contribution in [0.5, 0.6) is 5.75 Å². The number of hydrogen-bond donors (Lipinski definition) is 1. The molecule has 2 heterocycles. The highest BCUT2D eigenvalue weighted by Crippen LogP contribution is 2.28. The van der Waals surface area contributed by atoms with Gasteiger partial charge in [-0.3, -0.25) is 14.9 Å². The molecule has 0 saturated carbocycles. The SMILES string of the molecule is COc1ccc(C=C2SC(=Nc3ccc([N+](=O)[O-])cn3)NC2=O)cc1. The highest BCUT2D eigenvalue weighted by atomic mass is 32.2. The van der Waals surface area contributed by atoms with Gasteiger partial charge in [0, 0.05) is 6.07 Å². The third-order valence-corrected chi connectivity index (χ3v) is 4.13. The molecule has 1 amide bonds. The van der Waals surface area contributed by atoms with Crippen molar-refractivity contribution in [1.82, 2.24) is 10.3 Å². The van der Waals surface area contributed by atoms with Gasteiger partial charge in [-0.15, -0.1) is 0 Å². The Bertz CT molecular complexity index is 876. The van der Waals surface area contributed by atoms with Crippen molar-refractivity contribution in [1.29, 1.82) is 0 Å². The van der Waals surface area contributed by atoms with Gasteiger partial charge < -0.3 is 10.1 Å². The average Bonchev–Trinajstić information content (AvgIpc) is 2.95. The van der Waals surface area contributed by atoms with Crippen LogP contribution in [-0.4, -0.2) is 28.1 Å². The van der Waals surface area contributed by atoms with Crippen LogP contribution in [0, 0.1) is 10.1 Å². The summed E-state index contributed by atoms with van der Waals surface area (Å²) in [5, 5.41) is 13.6. The Hall–Kier alpha value is -3.20. The molecule has 0 aliphatic carbocycles. The highest BCUT2D eigenvalue weighted by Gasteiger charge is 2.24. The minimum Gasteiger partial charge on any atom is -0.497 e. The topological polar surface area (TPSA) is 107 Å². The van der Waals surface area contributed by atoms with Gasteiger partial charge in [-0.25, -0.2) is 9.98 Å². The van der Waals surface area contributed by atoms with Crippen LogP contribution in [0.1, 0.15) is 5.56 Å². The summed E-state index contributed by atoms with van der Waals surface area (Å²) in [6.07, 6.45) is 2.86. The number of aliphatic imine (C=N–C) groups is 1. The minimum atomic E-state index is -0.536. The zero-order valence-electron chi connectivity index (χ0n) is 13.0. The van der Waals surface area contributed by atoms with Gasteiger partial charge in [0.05, 0.1) is 16.9 Å². The Morgan fingerprint density at radius 3 is 2.64 bits per heavy atom. The molecule has 1 saturated heterocycles. The smallest absolute Gasteiger partial charge is 0.287 e. The van der Waals surface area contributed by atoms with E-state index < -0.39 is 4.92 Å². The maximum atomic E-state index is 12.0. The van der Waals surface area contributed by atoms with E-state index >= 15 is 0 Å². The molecule has 8 nitrogen and oxygen atoms in total. The van der Waals surface area contributed by atoms with E-state index in [2.05, 4.69) is 15.3 Å². The monoisotopic (exact) mass is 356 g/mol. The lowest BCUT2D eigenvalue weighted by molar-refractivity contribution is -0.385. The average molecular weight is 356 g/mol. The fourth-order valence-electron chi connectivity index (χ4n) is 1.99. The lowest BCUT2D eigenvalue weighted by Gasteiger charge is -1.99. The number of pyridine rings is 1. The molecule has 9 heteroatoms. The van der Waals surface area contributed by atoms with Gasteiger partial charge in [-0.05, 0) is 41.6 Å². The highest BCUT2D eigenvalue weighted by molar-refractivity contribution is 8.18. The van der Waals surface area contributed by atoms with Crippen molar-refractivity contribution in [3.63, 3.8) is 0 Å². The summed E-state index contributed by atoms with van der Waals surface area (Å²) in [6, 6.07) is 10.0. The molecule has 0 unspecified atom stereocenters. The molecular weight excluding hydrogens is 344 g/mol. The van der Waals surface area contributed by atoms with E-state index in [1.807, 2.05) is 12.1 Å². The van der Waals surface area contributed by atoms with Crippen LogP contribution in [0.3, 0.4) is 0 Å². The first kappa shape index (κ1) is 16.7. The Kier molecular flexibility index (Phi) is 4.75. The van der Waals surface area contributed by atoms with Gasteiger partial charge in [0.1, 0.15) is 11.9 Å². The van der Waals surface area contributed by atoms with Crippen molar-refractivity contribution < 1.29 is 14.5 Å². The zero-order valence-corrected chi connectivity index (χ0v) is 13.8. The number of thioether (sulfide) groups is 1. The first-order valence-electron chi connectivity index (χ1n) is 7.09. The normalized spacial score (nSPS) is 16.9. The number of rotatable bonds is 4. The summed E-state index contributed by atoms with van der Waals surface area (Å²) in [5.41, 5.74) is 0.736. The van der Waals surface area contributed by atoms with E-state index in [-0.39, 0.29) is 17.4 Å². The van der Waals surface area contributed by atoms with Crippen LogP contribution in [0.15, 0.2) is 52.5 Å². The number of methoxy groups -OCH3 is 1. The minimum absolute atomic E-state index is 0.118. The van der Waals surface area contributed by atoms with Crippen molar-refractivity contribution in [2.45, 2.75) is 0 Å². The number of nitrogens with zero attached hydrogens (tertiary/aromatic N) is 3. The Morgan fingerprint density at radius 2 is 2.04 bits per heavy atom. The van der Waals surface area contributed by atoms with E-state index in [9.17, 15) is 14.9 Å². The van der Waals surface area contributed by atoms with Gasteiger partial charge in [-0.1, -0.05) is 12.1 Å². The number of nitro groups is 1. The third kappa shape index (κ3) is 4.01. The number of nitrogens with one attached hydrogen (secondary N) is 1. The number of amidine groups is 1. The van der Waals surface area contributed by atoms with E-state index in [0.717, 1.165) is 17.5 Å². The second-order valence-corrected chi connectivity index (χ2v) is 5.92. The van der Waals surface area contributed by atoms with E-state index in [1.54, 1.807) is 25.3 Å². The van der Waals surface area contributed by atoms with Crippen molar-refractivity contribution in [3.8, 4) is 5.75 Å². The predicted molar refractivity (Wildman–Crippen MR) is 94.7 cm³/mol. The van der Waals surface area contributed by atoms with Crippen LogP contribution >= 0.6 is 11.8 Å². The molecule has 1 N–H and O–H groups in total. The Balaban J connectivity index is 1.76. The number of ether oxygens (including phenoxy) is 1. The molecule has 3 rings (SSSR count). The van der Waals surface area contributed by atoms with Crippen LogP contribution in [0.4, 0.5) is 11.5 Å². The zero-order chi connectivity index (χ0) is 17.8. The van der Waals surface area contributed by atoms with E-state index in [1.165, 1.54) is 23.9 Å². The molecule has 126 valence electrons. The lowest BCUT2D eigenvalue weighted by atomic mass is 10.2. The lowest BCUT2D eigenvalue weighted by Crippen LogP contribution is -2.19. The van der Waals surface area contributed by atoms with E-state index in [4.69, 9.17) is 4.74 Å². The van der Waals surface area contributed by atoms with Gasteiger partial charge in [0.2, 0.25) is 0 Å². The first-order valence-corrected chi connectivity index (χ1v) is 7.91. The third-order valence-electron chi connectivity index (χ3n) is 3.22. The number of benzene rings is 1. The van der Waals surface area contributed by atoms with Gasteiger partial charge in [0.25, 0.3) is 11.6 Å². The number of carbonyl (C=O) groups is 1. The summed E-state index contributed by atoms with van der Waals surface area (Å²) in [7, 11) is 1.59. The number of amides is 1. The molecule has 0 atom stereocenters. The quantitative estimate of drug-likeness (QED) is 0.513. The summed E-state index contributed by atoms with van der Waals surface area (Å²) in [5.74, 6) is 0.748. The molecule has 1 aromatic carbocycles. The second-order valence-electron chi connectivity index (χ2n) is 4.89. The van der Waals surface area contributed by atoms with Crippen LogP contribution in [0.2, 0.25) is 0 Å². The van der Waals surface area contributed by atoms with Crippen molar-refractivity contribution >= 4 is 40.4 Å². The molecule has 1 aromatic heterocycles. The molecule has 1 fully saturated rings. The molecule has 1 aliphatic heterocycles. The fourth-order valence-corrected chi connectivity index (χ4v) is 2.82. The first-order chi connectivity index (χ1) is 12.0. The van der Waals surface area contributed by atoms with Crippen LogP contribution in [0.25, 0.3) is 6.08 Å². The molecule has 1 aliphatic rings. The molecule has 25 heavy (non-hydrogen) atoms. The number of hydrogen-bond acceptors (Lipinski definition) is 7. The number of aromatic nitrogens is 1. The van der Waals surface area contributed by atoms with Crippen molar-refractivity contribution in [2.24, 2.45) is 4.99 Å². The number of carbonyl (C=O) groups excluding carboxylic acids is 1.